The Labute approximate surface area is 191 Å². The monoisotopic (exact) mass is 443 g/mol. The van der Waals surface area contributed by atoms with Gasteiger partial charge in [-0.25, -0.2) is 0 Å². The van der Waals surface area contributed by atoms with E-state index in [1.54, 1.807) is 4.90 Å². The molecule has 3 heterocycles. The molecule has 0 aliphatic carbocycles. The summed E-state index contributed by atoms with van der Waals surface area (Å²) in [6.07, 6.45) is 1.29. The third-order valence-corrected chi connectivity index (χ3v) is 5.92. The SMILES string of the molecule is Cc1ccccc1OCC(=O)N1CCc2c(c(-c3nc(Cc4ccccc4)no3)nn2C)C1. The number of hydrogen-bond acceptors (Lipinski definition) is 6. The van der Waals surface area contributed by atoms with Gasteiger partial charge in [0.25, 0.3) is 11.8 Å². The number of nitrogens with zero attached hydrogens (tertiary/aromatic N) is 5. The average molecular weight is 444 g/mol. The minimum Gasteiger partial charge on any atom is -0.484 e. The van der Waals surface area contributed by atoms with Crippen LogP contribution in [0, 0.1) is 6.92 Å². The van der Waals surface area contributed by atoms with Crippen molar-refractivity contribution in [1.82, 2.24) is 24.8 Å². The van der Waals surface area contributed by atoms with Gasteiger partial charge in [-0.2, -0.15) is 10.1 Å². The Morgan fingerprint density at radius 2 is 1.91 bits per heavy atom. The van der Waals surface area contributed by atoms with E-state index in [4.69, 9.17) is 9.26 Å². The number of fused-ring (bicyclic) bond motifs is 1. The quantitative estimate of drug-likeness (QED) is 0.454. The van der Waals surface area contributed by atoms with Gasteiger partial charge >= 0.3 is 0 Å². The van der Waals surface area contributed by atoms with E-state index in [2.05, 4.69) is 15.2 Å². The molecule has 2 aromatic heterocycles. The first kappa shape index (κ1) is 20.9. The zero-order chi connectivity index (χ0) is 22.8. The molecule has 8 nitrogen and oxygen atoms in total. The molecule has 0 unspecified atom stereocenters. The Bertz CT molecular complexity index is 1280. The van der Waals surface area contributed by atoms with Gasteiger partial charge in [-0.1, -0.05) is 53.7 Å². The number of carbonyl (C=O) groups is 1. The van der Waals surface area contributed by atoms with Crippen LogP contribution in [0.4, 0.5) is 0 Å². The molecule has 0 saturated heterocycles. The maximum absolute atomic E-state index is 12.9. The lowest BCUT2D eigenvalue weighted by Gasteiger charge is -2.27. The van der Waals surface area contributed by atoms with Crippen LogP contribution in [0.15, 0.2) is 59.1 Å². The summed E-state index contributed by atoms with van der Waals surface area (Å²) >= 11 is 0. The first-order valence-corrected chi connectivity index (χ1v) is 11.0. The highest BCUT2D eigenvalue weighted by Gasteiger charge is 2.29. The van der Waals surface area contributed by atoms with Crippen molar-refractivity contribution in [1.29, 1.82) is 0 Å². The molecular weight excluding hydrogens is 418 g/mol. The molecule has 0 atom stereocenters. The van der Waals surface area contributed by atoms with E-state index in [1.165, 1.54) is 0 Å². The van der Waals surface area contributed by atoms with Crippen LogP contribution < -0.4 is 4.74 Å². The van der Waals surface area contributed by atoms with E-state index in [9.17, 15) is 4.79 Å². The summed E-state index contributed by atoms with van der Waals surface area (Å²) in [5.74, 6) is 1.64. The van der Waals surface area contributed by atoms with Gasteiger partial charge in [-0.3, -0.25) is 9.48 Å². The Balaban J connectivity index is 1.31. The fraction of sp³-hybridized carbons (Fsp3) is 0.280. The molecule has 0 saturated carbocycles. The van der Waals surface area contributed by atoms with Gasteiger partial charge in [0.05, 0.1) is 0 Å². The van der Waals surface area contributed by atoms with E-state index < -0.39 is 0 Å². The number of ether oxygens (including phenoxy) is 1. The van der Waals surface area contributed by atoms with Crippen molar-refractivity contribution >= 4 is 5.91 Å². The number of rotatable bonds is 6. The van der Waals surface area contributed by atoms with Crippen molar-refractivity contribution in [2.24, 2.45) is 7.05 Å². The molecule has 168 valence electrons. The smallest absolute Gasteiger partial charge is 0.278 e. The predicted octanol–water partition coefficient (Wildman–Crippen LogP) is 3.33. The summed E-state index contributed by atoms with van der Waals surface area (Å²) in [4.78, 5) is 19.2. The standard InChI is InChI=1S/C25H25N5O3/c1-17-8-6-7-11-21(17)32-16-23(31)30-13-12-20-19(15-30)24(27-29(20)2)25-26-22(28-33-25)14-18-9-4-3-5-10-18/h3-11H,12-16H2,1-2H3. The molecule has 8 heteroatoms. The van der Waals surface area contributed by atoms with E-state index in [0.717, 1.165) is 28.1 Å². The second kappa shape index (κ2) is 8.90. The second-order valence-corrected chi connectivity index (χ2v) is 8.20. The summed E-state index contributed by atoms with van der Waals surface area (Å²) in [6, 6.07) is 17.7. The summed E-state index contributed by atoms with van der Waals surface area (Å²) in [7, 11) is 1.91. The van der Waals surface area contributed by atoms with Gasteiger partial charge in [-0.05, 0) is 24.1 Å². The zero-order valence-corrected chi connectivity index (χ0v) is 18.7. The Morgan fingerprint density at radius 1 is 1.12 bits per heavy atom. The van der Waals surface area contributed by atoms with Gasteiger partial charge in [0.15, 0.2) is 18.1 Å². The van der Waals surface area contributed by atoms with Gasteiger partial charge in [0.1, 0.15) is 5.75 Å². The van der Waals surface area contributed by atoms with Crippen molar-refractivity contribution in [3.63, 3.8) is 0 Å². The van der Waals surface area contributed by atoms with Crippen molar-refractivity contribution in [3.8, 4) is 17.3 Å². The van der Waals surface area contributed by atoms with Gasteiger partial charge in [0, 0.05) is 44.2 Å². The van der Waals surface area contributed by atoms with E-state index in [1.807, 2.05) is 73.3 Å². The Morgan fingerprint density at radius 3 is 2.73 bits per heavy atom. The first-order valence-electron chi connectivity index (χ1n) is 11.0. The summed E-state index contributed by atoms with van der Waals surface area (Å²) < 4.78 is 13.2. The van der Waals surface area contributed by atoms with Crippen LogP contribution in [0.2, 0.25) is 0 Å². The molecule has 0 spiro atoms. The van der Waals surface area contributed by atoms with Crippen LogP contribution >= 0.6 is 0 Å². The maximum atomic E-state index is 12.9. The number of hydrogen-bond donors (Lipinski definition) is 0. The lowest BCUT2D eigenvalue weighted by molar-refractivity contribution is -0.134. The summed E-state index contributed by atoms with van der Waals surface area (Å²) in [6.45, 7) is 3.01. The number of para-hydroxylation sites is 1. The van der Waals surface area contributed by atoms with Crippen molar-refractivity contribution in [3.05, 3.63) is 82.8 Å². The minimum atomic E-state index is -0.0611. The molecule has 1 aliphatic heterocycles. The highest BCUT2D eigenvalue weighted by Crippen LogP contribution is 2.29. The molecule has 0 fully saturated rings. The number of carbonyl (C=O) groups excluding carboxylic acids is 1. The van der Waals surface area contributed by atoms with Crippen LogP contribution in [-0.2, 0) is 31.2 Å². The highest BCUT2D eigenvalue weighted by atomic mass is 16.5. The fourth-order valence-electron chi connectivity index (χ4n) is 4.13. The molecule has 0 radical (unpaired) electrons. The molecule has 0 N–H and O–H groups in total. The molecule has 5 rings (SSSR count). The summed E-state index contributed by atoms with van der Waals surface area (Å²) in [5, 5.41) is 8.77. The molecule has 2 aromatic carbocycles. The highest BCUT2D eigenvalue weighted by molar-refractivity contribution is 5.78. The predicted molar refractivity (Wildman–Crippen MR) is 122 cm³/mol. The van der Waals surface area contributed by atoms with Crippen molar-refractivity contribution in [2.45, 2.75) is 26.3 Å². The first-order chi connectivity index (χ1) is 16.1. The molecule has 4 aromatic rings. The maximum Gasteiger partial charge on any atom is 0.278 e. The number of aromatic nitrogens is 4. The minimum absolute atomic E-state index is 0.00242. The normalized spacial score (nSPS) is 13.1. The van der Waals surface area contributed by atoms with Gasteiger partial charge in [0.2, 0.25) is 0 Å². The van der Waals surface area contributed by atoms with E-state index >= 15 is 0 Å². The van der Waals surface area contributed by atoms with Crippen molar-refractivity contribution < 1.29 is 14.1 Å². The fourth-order valence-corrected chi connectivity index (χ4v) is 4.13. The van der Waals surface area contributed by atoms with E-state index in [0.29, 0.717) is 43.3 Å². The average Bonchev–Trinajstić information content (AvgIpc) is 3.43. The second-order valence-electron chi connectivity index (χ2n) is 8.20. The Kier molecular flexibility index (Phi) is 5.64. The van der Waals surface area contributed by atoms with Crippen LogP contribution in [0.1, 0.15) is 28.2 Å². The van der Waals surface area contributed by atoms with Crippen LogP contribution in [-0.4, -0.2) is 43.9 Å². The third-order valence-electron chi connectivity index (χ3n) is 5.92. The molecule has 33 heavy (non-hydrogen) atoms. The third kappa shape index (κ3) is 4.37. The molecule has 0 bridgehead atoms. The van der Waals surface area contributed by atoms with Gasteiger partial charge in [-0.15, -0.1) is 0 Å². The lowest BCUT2D eigenvalue weighted by Crippen LogP contribution is -2.39. The van der Waals surface area contributed by atoms with Crippen LogP contribution in [0.5, 0.6) is 5.75 Å². The number of amides is 1. The largest absolute Gasteiger partial charge is 0.484 e. The Hall–Kier alpha value is -3.94. The molecule has 1 aliphatic rings. The van der Waals surface area contributed by atoms with Gasteiger partial charge < -0.3 is 14.2 Å². The summed E-state index contributed by atoms with van der Waals surface area (Å²) in [5.41, 5.74) is 4.78. The number of aryl methyl sites for hydroxylation is 2. The van der Waals surface area contributed by atoms with Crippen molar-refractivity contribution in [2.75, 3.05) is 13.2 Å². The zero-order valence-electron chi connectivity index (χ0n) is 18.7. The topological polar surface area (TPSA) is 86.3 Å². The van der Waals surface area contributed by atoms with Crippen LogP contribution in [0.3, 0.4) is 0 Å². The van der Waals surface area contributed by atoms with Crippen LogP contribution in [0.25, 0.3) is 11.6 Å². The van der Waals surface area contributed by atoms with E-state index in [-0.39, 0.29) is 12.5 Å². The molecule has 1 amide bonds. The molecular formula is C25H25N5O3. The lowest BCUT2D eigenvalue weighted by atomic mass is 10.0. The number of benzene rings is 2.